The van der Waals surface area contributed by atoms with Crippen molar-refractivity contribution in [1.29, 1.82) is 0 Å². The van der Waals surface area contributed by atoms with E-state index in [-0.39, 0.29) is 5.82 Å². The van der Waals surface area contributed by atoms with Gasteiger partial charge in [0.25, 0.3) is 0 Å². The second-order valence-corrected chi connectivity index (χ2v) is 9.34. The van der Waals surface area contributed by atoms with E-state index in [9.17, 15) is 4.39 Å². The van der Waals surface area contributed by atoms with Crippen LogP contribution in [0.25, 0.3) is 28.3 Å². The van der Waals surface area contributed by atoms with Crippen molar-refractivity contribution in [2.24, 2.45) is 5.92 Å². The fourth-order valence-corrected chi connectivity index (χ4v) is 5.16. The molecule has 168 valence electrons. The van der Waals surface area contributed by atoms with Gasteiger partial charge in [0.15, 0.2) is 0 Å². The Morgan fingerprint density at radius 2 is 1.91 bits per heavy atom. The number of anilines is 1. The van der Waals surface area contributed by atoms with Crippen molar-refractivity contribution in [1.82, 2.24) is 29.7 Å². The summed E-state index contributed by atoms with van der Waals surface area (Å²) in [5.74, 6) is 1.17. The summed E-state index contributed by atoms with van der Waals surface area (Å²) in [6.07, 6.45) is 3.32. The van der Waals surface area contributed by atoms with Crippen molar-refractivity contribution in [3.8, 4) is 28.3 Å². The van der Waals surface area contributed by atoms with Crippen LogP contribution in [-0.4, -0.2) is 63.4 Å². The molecule has 1 fully saturated rings. The van der Waals surface area contributed by atoms with Crippen LogP contribution >= 0.6 is 0 Å². The molecule has 7 nitrogen and oxygen atoms in total. The number of hydrogen-bond donors (Lipinski definition) is 0. The van der Waals surface area contributed by atoms with Gasteiger partial charge in [-0.2, -0.15) is 4.68 Å². The van der Waals surface area contributed by atoms with E-state index in [0.717, 1.165) is 42.1 Å². The minimum atomic E-state index is -0.236. The van der Waals surface area contributed by atoms with E-state index in [1.807, 2.05) is 4.68 Å². The van der Waals surface area contributed by atoms with E-state index in [2.05, 4.69) is 74.5 Å². The number of aromatic nitrogens is 5. The summed E-state index contributed by atoms with van der Waals surface area (Å²) in [5, 5.41) is 12.6. The number of halogens is 1. The largest absolute Gasteiger partial charge is 0.371 e. The fourth-order valence-electron chi connectivity index (χ4n) is 5.16. The maximum Gasteiger partial charge on any atom is 0.203 e. The summed E-state index contributed by atoms with van der Waals surface area (Å²) in [4.78, 5) is 4.76. The Labute approximate surface area is 192 Å². The molecule has 0 amide bonds. The van der Waals surface area contributed by atoms with Crippen molar-refractivity contribution in [2.75, 3.05) is 38.6 Å². The topological polar surface area (TPSA) is 55.0 Å². The molecule has 6 rings (SSSR count). The Kier molecular flexibility index (Phi) is 4.76. The van der Waals surface area contributed by atoms with Crippen LogP contribution < -0.4 is 4.90 Å². The van der Waals surface area contributed by atoms with Crippen molar-refractivity contribution >= 4 is 5.69 Å². The summed E-state index contributed by atoms with van der Waals surface area (Å²) in [7, 11) is 4.29. The zero-order valence-corrected chi connectivity index (χ0v) is 18.8. The van der Waals surface area contributed by atoms with Crippen LogP contribution in [0.5, 0.6) is 0 Å². The second-order valence-electron chi connectivity index (χ2n) is 9.34. The molecular formula is C25H26FN7. The smallest absolute Gasteiger partial charge is 0.203 e. The molecule has 0 radical (unpaired) electrons. The fraction of sp³-hybridized carbons (Fsp3) is 0.320. The molecule has 2 aromatic heterocycles. The van der Waals surface area contributed by atoms with Gasteiger partial charge in [-0.05, 0) is 84.4 Å². The first kappa shape index (κ1) is 20.1. The molecule has 33 heavy (non-hydrogen) atoms. The Morgan fingerprint density at radius 1 is 1.06 bits per heavy atom. The van der Waals surface area contributed by atoms with Crippen LogP contribution in [0.4, 0.5) is 10.1 Å². The molecule has 2 aromatic carbocycles. The summed E-state index contributed by atoms with van der Waals surface area (Å²) >= 11 is 0. The molecule has 0 bridgehead atoms. The van der Waals surface area contributed by atoms with Crippen molar-refractivity contribution in [2.45, 2.75) is 13.0 Å². The van der Waals surface area contributed by atoms with Gasteiger partial charge in [-0.15, -0.1) is 5.10 Å². The molecule has 4 aromatic rings. The lowest BCUT2D eigenvalue weighted by Gasteiger charge is -2.21. The molecule has 0 aliphatic carbocycles. The van der Waals surface area contributed by atoms with Gasteiger partial charge in [-0.25, -0.2) is 4.39 Å². The molecule has 1 saturated heterocycles. The number of rotatable bonds is 4. The minimum absolute atomic E-state index is 0.236. The summed E-state index contributed by atoms with van der Waals surface area (Å²) in [6.45, 7) is 3.99. The van der Waals surface area contributed by atoms with Gasteiger partial charge in [-0.3, -0.25) is 0 Å². The maximum absolute atomic E-state index is 13.4. The SMILES string of the molecule is CN(C)C[C@@H]1CCN(c2ccc3c(c2)Cn2cc(-c4ccc(F)cc4)cc2-c2nnnn2-3)C1. The third kappa shape index (κ3) is 3.60. The molecule has 0 saturated carbocycles. The minimum Gasteiger partial charge on any atom is -0.371 e. The molecule has 0 spiro atoms. The molecule has 0 unspecified atom stereocenters. The van der Waals surface area contributed by atoms with Gasteiger partial charge in [0.1, 0.15) is 5.82 Å². The highest BCUT2D eigenvalue weighted by Crippen LogP contribution is 2.35. The summed E-state index contributed by atoms with van der Waals surface area (Å²) < 4.78 is 17.4. The van der Waals surface area contributed by atoms with Crippen molar-refractivity contribution < 1.29 is 4.39 Å². The summed E-state index contributed by atoms with van der Waals surface area (Å²) in [6, 6.07) is 15.3. The zero-order valence-electron chi connectivity index (χ0n) is 18.8. The van der Waals surface area contributed by atoms with Crippen LogP contribution in [0, 0.1) is 11.7 Å². The van der Waals surface area contributed by atoms with E-state index in [1.165, 1.54) is 29.8 Å². The van der Waals surface area contributed by atoms with Crippen LogP contribution in [0.2, 0.25) is 0 Å². The number of fused-ring (bicyclic) bond motifs is 5. The van der Waals surface area contributed by atoms with Gasteiger partial charge < -0.3 is 14.4 Å². The van der Waals surface area contributed by atoms with Crippen molar-refractivity contribution in [3.05, 3.63) is 66.1 Å². The molecular weight excluding hydrogens is 417 g/mol. The quantitative estimate of drug-likeness (QED) is 0.424. The first-order chi connectivity index (χ1) is 16.0. The highest BCUT2D eigenvalue weighted by atomic mass is 19.1. The first-order valence-electron chi connectivity index (χ1n) is 11.3. The molecule has 1 atom stereocenters. The highest BCUT2D eigenvalue weighted by molar-refractivity contribution is 5.71. The molecule has 2 aliphatic heterocycles. The third-order valence-corrected chi connectivity index (χ3v) is 6.68. The Bertz CT molecular complexity index is 1300. The van der Waals surface area contributed by atoms with E-state index in [0.29, 0.717) is 18.3 Å². The summed E-state index contributed by atoms with van der Waals surface area (Å²) in [5.41, 5.74) is 6.37. The average Bonchev–Trinajstić information content (AvgIpc) is 3.53. The van der Waals surface area contributed by atoms with E-state index in [4.69, 9.17) is 0 Å². The van der Waals surface area contributed by atoms with Gasteiger partial charge >= 0.3 is 0 Å². The lowest BCUT2D eigenvalue weighted by molar-refractivity contribution is 0.340. The normalized spacial score (nSPS) is 17.1. The lowest BCUT2D eigenvalue weighted by Crippen LogP contribution is -2.25. The number of benzene rings is 2. The molecule has 8 heteroatoms. The van der Waals surface area contributed by atoms with Crippen molar-refractivity contribution in [3.63, 3.8) is 0 Å². The van der Waals surface area contributed by atoms with Gasteiger partial charge in [-0.1, -0.05) is 12.1 Å². The Morgan fingerprint density at radius 3 is 2.73 bits per heavy atom. The predicted molar refractivity (Wildman–Crippen MR) is 126 cm³/mol. The van der Waals surface area contributed by atoms with Crippen LogP contribution in [0.15, 0.2) is 54.7 Å². The maximum atomic E-state index is 13.4. The van der Waals surface area contributed by atoms with E-state index < -0.39 is 0 Å². The van der Waals surface area contributed by atoms with Gasteiger partial charge in [0, 0.05) is 43.6 Å². The van der Waals surface area contributed by atoms with E-state index >= 15 is 0 Å². The molecule has 4 heterocycles. The van der Waals surface area contributed by atoms with E-state index in [1.54, 1.807) is 12.1 Å². The standard InChI is InChI=1S/C25H26FN7/c1-30(2)13-17-9-10-31(14-17)22-7-8-23-20(11-22)16-32-15-19(18-3-5-21(26)6-4-18)12-24(32)25-27-28-29-33(23)25/h3-8,11-12,15,17H,9-10,13-14,16H2,1-2H3/t17-/m0/s1. The Hall–Kier alpha value is -3.52. The lowest BCUT2D eigenvalue weighted by atomic mass is 10.1. The number of hydrogen-bond acceptors (Lipinski definition) is 5. The average molecular weight is 444 g/mol. The Balaban J connectivity index is 1.37. The number of tetrazole rings is 1. The second kappa shape index (κ2) is 7.81. The van der Waals surface area contributed by atoms with Gasteiger partial charge in [0.05, 0.1) is 11.4 Å². The first-order valence-corrected chi connectivity index (χ1v) is 11.3. The monoisotopic (exact) mass is 443 g/mol. The van der Waals surface area contributed by atoms with Crippen LogP contribution in [0.1, 0.15) is 12.0 Å². The van der Waals surface area contributed by atoms with Crippen LogP contribution in [-0.2, 0) is 6.54 Å². The number of nitrogens with zero attached hydrogens (tertiary/aromatic N) is 7. The predicted octanol–water partition coefficient (Wildman–Crippen LogP) is 3.69. The zero-order chi connectivity index (χ0) is 22.5. The molecule has 2 aliphatic rings. The molecule has 0 N–H and O–H groups in total. The third-order valence-electron chi connectivity index (χ3n) is 6.68. The van der Waals surface area contributed by atoms with Gasteiger partial charge in [0.2, 0.25) is 5.82 Å². The highest BCUT2D eigenvalue weighted by Gasteiger charge is 2.26. The van der Waals surface area contributed by atoms with Crippen LogP contribution in [0.3, 0.4) is 0 Å².